The van der Waals surface area contributed by atoms with Crippen LogP contribution >= 0.6 is 27.3 Å². The van der Waals surface area contributed by atoms with Crippen LogP contribution in [0.3, 0.4) is 0 Å². The molecule has 148 valence electrons. The summed E-state index contributed by atoms with van der Waals surface area (Å²) in [5.74, 6) is 3.12. The van der Waals surface area contributed by atoms with E-state index in [1.54, 1.807) is 23.7 Å². The molecule has 0 saturated carbocycles. The van der Waals surface area contributed by atoms with E-state index < -0.39 is 5.63 Å². The van der Waals surface area contributed by atoms with Gasteiger partial charge in [0.15, 0.2) is 0 Å². The summed E-state index contributed by atoms with van der Waals surface area (Å²) in [6.07, 6.45) is 6.83. The fraction of sp³-hybridized carbons (Fsp3) is 0.0455. The number of hydrogen-bond donors (Lipinski definition) is 1. The van der Waals surface area contributed by atoms with Crippen molar-refractivity contribution < 1.29 is 9.15 Å². The Hall–Kier alpha value is -3.41. The first-order chi connectivity index (χ1) is 14.6. The highest BCUT2D eigenvalue weighted by molar-refractivity contribution is 9.10. The van der Waals surface area contributed by atoms with Gasteiger partial charge in [0.25, 0.3) is 0 Å². The molecule has 2 aromatic carbocycles. The van der Waals surface area contributed by atoms with Gasteiger partial charge in [0.1, 0.15) is 17.9 Å². The highest BCUT2D eigenvalue weighted by Gasteiger charge is 2.11. The number of fused-ring (bicyclic) bond motifs is 1. The molecule has 0 fully saturated rings. The summed E-state index contributed by atoms with van der Waals surface area (Å²) in [5.41, 5.74) is 4.79. The number of hydrogen-bond acceptors (Lipinski definition) is 7. The van der Waals surface area contributed by atoms with Crippen molar-refractivity contribution in [3.05, 3.63) is 74.4 Å². The Bertz CT molecular complexity index is 1320. The second kappa shape index (κ2) is 8.95. The summed E-state index contributed by atoms with van der Waals surface area (Å²) < 4.78 is 11.6. The highest BCUT2D eigenvalue weighted by atomic mass is 79.9. The van der Waals surface area contributed by atoms with Crippen molar-refractivity contribution in [1.29, 1.82) is 0 Å². The van der Waals surface area contributed by atoms with Crippen LogP contribution in [0.15, 0.2) is 72.7 Å². The lowest BCUT2D eigenvalue weighted by Gasteiger charge is -2.01. The van der Waals surface area contributed by atoms with E-state index in [0.29, 0.717) is 27.7 Å². The van der Waals surface area contributed by atoms with Crippen LogP contribution < -0.4 is 15.8 Å². The lowest BCUT2D eigenvalue weighted by molar-refractivity contribution is 0.370. The number of aromatic nitrogens is 1. The molecule has 6 nitrogen and oxygen atoms in total. The van der Waals surface area contributed by atoms with Gasteiger partial charge in [-0.05, 0) is 54.1 Å². The SMILES string of the molecule is C#CCOc1ccc(/C=N/Nc2nc(-c3cc4cc(Br)ccc4oc3=O)cs2)cc1. The Labute approximate surface area is 184 Å². The van der Waals surface area contributed by atoms with E-state index in [-0.39, 0.29) is 6.61 Å². The monoisotopic (exact) mass is 479 g/mol. The minimum absolute atomic E-state index is 0.230. The van der Waals surface area contributed by atoms with Gasteiger partial charge in [-0.25, -0.2) is 9.78 Å². The number of rotatable bonds is 6. The Kier molecular flexibility index (Phi) is 5.93. The number of terminal acetylenes is 1. The van der Waals surface area contributed by atoms with E-state index in [2.05, 4.69) is 37.4 Å². The number of nitrogens with one attached hydrogen (secondary N) is 1. The van der Waals surface area contributed by atoms with Crippen LogP contribution in [0, 0.1) is 12.3 Å². The fourth-order valence-corrected chi connectivity index (χ4v) is 3.70. The van der Waals surface area contributed by atoms with Gasteiger partial charge in [-0.15, -0.1) is 17.8 Å². The van der Waals surface area contributed by atoms with Gasteiger partial charge < -0.3 is 9.15 Å². The zero-order valence-electron chi connectivity index (χ0n) is 15.5. The van der Waals surface area contributed by atoms with Crippen LogP contribution in [0.5, 0.6) is 5.75 Å². The molecule has 1 N–H and O–H groups in total. The van der Waals surface area contributed by atoms with E-state index in [0.717, 1.165) is 15.4 Å². The zero-order chi connectivity index (χ0) is 20.9. The Balaban J connectivity index is 1.47. The first-order valence-corrected chi connectivity index (χ1v) is 10.4. The molecule has 0 saturated heterocycles. The third-order valence-electron chi connectivity index (χ3n) is 4.05. The summed E-state index contributed by atoms with van der Waals surface area (Å²) in [6, 6.07) is 14.6. The molecule has 0 bridgehead atoms. The maximum Gasteiger partial charge on any atom is 0.345 e. The molecular weight excluding hydrogens is 466 g/mol. The Morgan fingerprint density at radius 3 is 2.90 bits per heavy atom. The van der Waals surface area contributed by atoms with Crippen LogP contribution in [0.25, 0.3) is 22.2 Å². The predicted octanol–water partition coefficient (Wildman–Crippen LogP) is 5.14. The van der Waals surface area contributed by atoms with Crippen molar-refractivity contribution in [3.63, 3.8) is 0 Å². The second-order valence-corrected chi connectivity index (χ2v) is 7.87. The lowest BCUT2D eigenvalue weighted by Crippen LogP contribution is -2.03. The van der Waals surface area contributed by atoms with Gasteiger partial charge in [-0.1, -0.05) is 21.9 Å². The van der Waals surface area contributed by atoms with Crippen molar-refractivity contribution in [1.82, 2.24) is 4.98 Å². The number of benzene rings is 2. The molecule has 2 aromatic heterocycles. The van der Waals surface area contributed by atoms with E-state index in [9.17, 15) is 4.79 Å². The molecule has 0 aliphatic heterocycles. The van der Waals surface area contributed by atoms with Crippen molar-refractivity contribution in [2.24, 2.45) is 5.10 Å². The van der Waals surface area contributed by atoms with E-state index >= 15 is 0 Å². The van der Waals surface area contributed by atoms with Crippen LogP contribution in [0.2, 0.25) is 0 Å². The Morgan fingerprint density at radius 1 is 1.27 bits per heavy atom. The van der Waals surface area contributed by atoms with Crippen LogP contribution in [0.4, 0.5) is 5.13 Å². The standard InChI is InChI=1S/C22H14BrN3O3S/c1-2-9-28-17-6-3-14(4-7-17)12-24-26-22-25-19(13-30-22)18-11-15-10-16(23)5-8-20(15)29-21(18)27/h1,3-8,10-13H,9H2,(H,25,26)/b24-12+. The minimum atomic E-state index is -0.433. The van der Waals surface area contributed by atoms with Crippen LogP contribution in [0.1, 0.15) is 5.56 Å². The molecular formula is C22H14BrN3O3S. The van der Waals surface area contributed by atoms with Gasteiger partial charge in [0, 0.05) is 15.2 Å². The first-order valence-electron chi connectivity index (χ1n) is 8.77. The molecule has 0 aliphatic carbocycles. The minimum Gasteiger partial charge on any atom is -0.481 e. The van der Waals surface area contributed by atoms with Gasteiger partial charge in [0.2, 0.25) is 5.13 Å². The summed E-state index contributed by atoms with van der Waals surface area (Å²) in [6.45, 7) is 0.230. The maximum atomic E-state index is 12.3. The predicted molar refractivity (Wildman–Crippen MR) is 123 cm³/mol. The van der Waals surface area contributed by atoms with Crippen molar-refractivity contribution in [2.75, 3.05) is 12.0 Å². The third kappa shape index (κ3) is 4.59. The average Bonchev–Trinajstić information content (AvgIpc) is 3.21. The molecule has 0 aliphatic rings. The van der Waals surface area contributed by atoms with Crippen molar-refractivity contribution in [3.8, 4) is 29.4 Å². The first kappa shape index (κ1) is 19.9. The summed E-state index contributed by atoms with van der Waals surface area (Å²) >= 11 is 4.77. The molecule has 8 heteroatoms. The summed E-state index contributed by atoms with van der Waals surface area (Å²) in [4.78, 5) is 16.8. The topological polar surface area (TPSA) is 76.7 Å². The molecule has 0 radical (unpaired) electrons. The smallest absolute Gasteiger partial charge is 0.345 e. The Morgan fingerprint density at radius 2 is 2.10 bits per heavy atom. The number of thiazole rings is 1. The molecule has 0 amide bonds. The fourth-order valence-electron chi connectivity index (χ4n) is 2.66. The van der Waals surface area contributed by atoms with Crippen LogP contribution in [-0.2, 0) is 0 Å². The summed E-state index contributed by atoms with van der Waals surface area (Å²) in [5, 5.41) is 7.34. The van der Waals surface area contributed by atoms with Crippen molar-refractivity contribution in [2.45, 2.75) is 0 Å². The number of halogens is 1. The molecule has 30 heavy (non-hydrogen) atoms. The summed E-state index contributed by atoms with van der Waals surface area (Å²) in [7, 11) is 0. The molecule has 0 atom stereocenters. The van der Waals surface area contributed by atoms with E-state index in [4.69, 9.17) is 15.6 Å². The highest BCUT2D eigenvalue weighted by Crippen LogP contribution is 2.26. The number of anilines is 1. The molecule has 4 aromatic rings. The second-order valence-electron chi connectivity index (χ2n) is 6.10. The van der Waals surface area contributed by atoms with Gasteiger partial charge in [-0.3, -0.25) is 5.43 Å². The zero-order valence-corrected chi connectivity index (χ0v) is 17.9. The van der Waals surface area contributed by atoms with Gasteiger partial charge >= 0.3 is 5.63 Å². The van der Waals surface area contributed by atoms with Crippen LogP contribution in [-0.4, -0.2) is 17.8 Å². The average molecular weight is 480 g/mol. The normalized spacial score (nSPS) is 10.9. The number of hydrazone groups is 1. The van der Waals surface area contributed by atoms with Gasteiger partial charge in [-0.2, -0.15) is 5.10 Å². The molecule has 2 heterocycles. The third-order valence-corrected chi connectivity index (χ3v) is 5.29. The van der Waals surface area contributed by atoms with E-state index in [1.165, 1.54) is 11.3 Å². The number of nitrogens with zero attached hydrogens (tertiary/aromatic N) is 2. The quantitative estimate of drug-likeness (QED) is 0.179. The lowest BCUT2D eigenvalue weighted by atomic mass is 10.1. The van der Waals surface area contributed by atoms with E-state index in [1.807, 2.05) is 36.4 Å². The number of ether oxygens (including phenoxy) is 1. The maximum absolute atomic E-state index is 12.3. The molecule has 0 spiro atoms. The van der Waals surface area contributed by atoms with Gasteiger partial charge in [0.05, 0.1) is 17.5 Å². The van der Waals surface area contributed by atoms with Crippen molar-refractivity contribution >= 4 is 49.6 Å². The molecule has 4 rings (SSSR count). The molecule has 0 unspecified atom stereocenters. The largest absolute Gasteiger partial charge is 0.481 e.